The fraction of sp³-hybridized carbons (Fsp3) is 1.00. The molecular formula is C11H24N2O2S. The highest BCUT2D eigenvalue weighted by Gasteiger charge is 2.35. The van der Waals surface area contributed by atoms with E-state index in [-0.39, 0.29) is 0 Å². The Bertz CT molecular complexity index is 325. The Morgan fingerprint density at radius 1 is 1.25 bits per heavy atom. The Kier molecular flexibility index (Phi) is 4.37. The van der Waals surface area contributed by atoms with Crippen molar-refractivity contribution in [2.45, 2.75) is 39.7 Å². The highest BCUT2D eigenvalue weighted by Crippen LogP contribution is 2.40. The Hall–Kier alpha value is -0.130. The van der Waals surface area contributed by atoms with Crippen LogP contribution < -0.4 is 10.0 Å². The molecule has 0 aliphatic heterocycles. The minimum absolute atomic E-state index is 0.418. The number of hydrogen-bond donors (Lipinski definition) is 2. The lowest BCUT2D eigenvalue weighted by atomic mass is 9.91. The molecule has 0 aromatic carbocycles. The summed E-state index contributed by atoms with van der Waals surface area (Å²) in [5.41, 5.74) is 0.418. The molecule has 1 aliphatic carbocycles. The van der Waals surface area contributed by atoms with E-state index in [0.717, 1.165) is 0 Å². The predicted octanol–water partition coefficient (Wildman–Crippen LogP) is 0.950. The summed E-state index contributed by atoms with van der Waals surface area (Å²) in [4.78, 5) is 0. The van der Waals surface area contributed by atoms with Gasteiger partial charge in [-0.3, -0.25) is 0 Å². The van der Waals surface area contributed by atoms with Crippen molar-refractivity contribution in [1.82, 2.24) is 10.0 Å². The highest BCUT2D eigenvalue weighted by molar-refractivity contribution is 7.88. The standard InChI is InChI=1S/C11H24N2O2S/c1-9-7-11(2,3)8-10(9)12-5-6-13-16(4,14)15/h9-10,12-13H,5-8H2,1-4H3/t9-,10-/m1/s1. The second kappa shape index (κ2) is 5.02. The van der Waals surface area contributed by atoms with E-state index >= 15 is 0 Å². The average Bonchev–Trinajstić information content (AvgIpc) is 2.32. The SMILES string of the molecule is C[C@@H]1CC(C)(C)C[C@H]1NCCNS(C)(=O)=O. The van der Waals surface area contributed by atoms with Crippen molar-refractivity contribution in [3.63, 3.8) is 0 Å². The summed E-state index contributed by atoms with van der Waals surface area (Å²) < 4.78 is 24.2. The molecule has 2 atom stereocenters. The Morgan fingerprint density at radius 2 is 1.88 bits per heavy atom. The van der Waals surface area contributed by atoms with Gasteiger partial charge in [0.1, 0.15) is 0 Å². The van der Waals surface area contributed by atoms with E-state index in [4.69, 9.17) is 0 Å². The molecule has 0 aromatic heterocycles. The van der Waals surface area contributed by atoms with Gasteiger partial charge in [-0.1, -0.05) is 20.8 Å². The van der Waals surface area contributed by atoms with Gasteiger partial charge in [0.15, 0.2) is 0 Å². The lowest BCUT2D eigenvalue weighted by Gasteiger charge is -2.18. The third-order valence-electron chi connectivity index (χ3n) is 3.23. The first-order valence-electron chi connectivity index (χ1n) is 5.88. The number of rotatable bonds is 5. The first kappa shape index (κ1) is 13.9. The van der Waals surface area contributed by atoms with Crippen molar-refractivity contribution < 1.29 is 8.42 Å². The van der Waals surface area contributed by atoms with E-state index in [1.165, 1.54) is 19.1 Å². The lowest BCUT2D eigenvalue weighted by molar-refractivity contribution is 0.362. The van der Waals surface area contributed by atoms with E-state index in [9.17, 15) is 8.42 Å². The van der Waals surface area contributed by atoms with E-state index in [1.807, 2.05) is 0 Å². The summed E-state index contributed by atoms with van der Waals surface area (Å²) in [5, 5.41) is 3.43. The zero-order chi connectivity index (χ0) is 12.4. The molecule has 1 rings (SSSR count). The predicted molar refractivity (Wildman–Crippen MR) is 66.8 cm³/mol. The van der Waals surface area contributed by atoms with Gasteiger partial charge in [-0.25, -0.2) is 13.1 Å². The van der Waals surface area contributed by atoms with E-state index in [2.05, 4.69) is 30.8 Å². The molecule has 1 saturated carbocycles. The van der Waals surface area contributed by atoms with Gasteiger partial charge in [0.25, 0.3) is 0 Å². The first-order valence-corrected chi connectivity index (χ1v) is 7.77. The zero-order valence-corrected chi connectivity index (χ0v) is 11.5. The quantitative estimate of drug-likeness (QED) is 0.712. The lowest BCUT2D eigenvalue weighted by Crippen LogP contribution is -2.38. The van der Waals surface area contributed by atoms with Crippen molar-refractivity contribution in [3.8, 4) is 0 Å². The van der Waals surface area contributed by atoms with Gasteiger partial charge in [-0.05, 0) is 24.2 Å². The molecule has 4 nitrogen and oxygen atoms in total. The molecule has 0 unspecified atom stereocenters. The summed E-state index contributed by atoms with van der Waals surface area (Å²) in [7, 11) is -3.05. The maximum absolute atomic E-state index is 10.9. The molecule has 0 bridgehead atoms. The zero-order valence-electron chi connectivity index (χ0n) is 10.7. The smallest absolute Gasteiger partial charge is 0.208 e. The monoisotopic (exact) mass is 248 g/mol. The van der Waals surface area contributed by atoms with Crippen LogP contribution in [0.15, 0.2) is 0 Å². The summed E-state index contributed by atoms with van der Waals surface area (Å²) >= 11 is 0. The van der Waals surface area contributed by atoms with Gasteiger partial charge in [0.2, 0.25) is 10.0 Å². The summed E-state index contributed by atoms with van der Waals surface area (Å²) in [6, 6.07) is 0.524. The molecule has 2 N–H and O–H groups in total. The van der Waals surface area contributed by atoms with Crippen LogP contribution in [0, 0.1) is 11.3 Å². The van der Waals surface area contributed by atoms with Gasteiger partial charge >= 0.3 is 0 Å². The van der Waals surface area contributed by atoms with Gasteiger partial charge in [0, 0.05) is 19.1 Å². The Morgan fingerprint density at radius 3 is 2.31 bits per heavy atom. The van der Waals surface area contributed by atoms with Crippen molar-refractivity contribution in [2.75, 3.05) is 19.3 Å². The van der Waals surface area contributed by atoms with Crippen molar-refractivity contribution in [1.29, 1.82) is 0 Å². The van der Waals surface area contributed by atoms with Gasteiger partial charge in [-0.2, -0.15) is 0 Å². The molecular weight excluding hydrogens is 224 g/mol. The molecule has 96 valence electrons. The van der Waals surface area contributed by atoms with Crippen LogP contribution >= 0.6 is 0 Å². The van der Waals surface area contributed by atoms with Crippen molar-refractivity contribution in [2.24, 2.45) is 11.3 Å². The Labute approximate surface area is 99.2 Å². The normalized spacial score (nSPS) is 29.5. The third-order valence-corrected chi connectivity index (χ3v) is 3.96. The average molecular weight is 248 g/mol. The van der Waals surface area contributed by atoms with Crippen LogP contribution in [0.4, 0.5) is 0 Å². The summed E-state index contributed by atoms with van der Waals surface area (Å²) in [6.45, 7) is 8.02. The molecule has 0 radical (unpaired) electrons. The second-order valence-electron chi connectivity index (χ2n) is 5.78. The first-order chi connectivity index (χ1) is 7.20. The van der Waals surface area contributed by atoms with Gasteiger partial charge in [0.05, 0.1) is 6.26 Å². The number of sulfonamides is 1. The van der Waals surface area contributed by atoms with Crippen LogP contribution in [0.1, 0.15) is 33.6 Å². The Balaban J connectivity index is 2.24. The fourth-order valence-corrected chi connectivity index (χ4v) is 3.13. The number of hydrogen-bond acceptors (Lipinski definition) is 3. The van der Waals surface area contributed by atoms with Crippen molar-refractivity contribution in [3.05, 3.63) is 0 Å². The van der Waals surface area contributed by atoms with Crippen LogP contribution in [-0.4, -0.2) is 33.8 Å². The molecule has 0 aromatic rings. The molecule has 0 amide bonds. The topological polar surface area (TPSA) is 58.2 Å². The molecule has 0 saturated heterocycles. The van der Waals surface area contributed by atoms with Gasteiger partial charge < -0.3 is 5.32 Å². The van der Waals surface area contributed by atoms with Crippen LogP contribution in [0.25, 0.3) is 0 Å². The van der Waals surface area contributed by atoms with Gasteiger partial charge in [-0.15, -0.1) is 0 Å². The summed E-state index contributed by atoms with van der Waals surface area (Å²) in [5.74, 6) is 0.674. The fourth-order valence-electron chi connectivity index (χ4n) is 2.66. The maximum atomic E-state index is 10.9. The minimum Gasteiger partial charge on any atom is -0.312 e. The largest absolute Gasteiger partial charge is 0.312 e. The second-order valence-corrected chi connectivity index (χ2v) is 7.61. The van der Waals surface area contributed by atoms with Crippen molar-refractivity contribution >= 4 is 10.0 Å². The molecule has 1 aliphatic rings. The molecule has 1 fully saturated rings. The van der Waals surface area contributed by atoms with E-state index < -0.39 is 10.0 Å². The van der Waals surface area contributed by atoms with E-state index in [1.54, 1.807) is 0 Å². The molecule has 0 spiro atoms. The van der Waals surface area contributed by atoms with Crippen LogP contribution in [0.3, 0.4) is 0 Å². The van der Waals surface area contributed by atoms with Crippen LogP contribution in [0.2, 0.25) is 0 Å². The van der Waals surface area contributed by atoms with Crippen LogP contribution in [0.5, 0.6) is 0 Å². The number of nitrogens with one attached hydrogen (secondary N) is 2. The molecule has 16 heavy (non-hydrogen) atoms. The minimum atomic E-state index is -3.05. The molecule has 5 heteroatoms. The third kappa shape index (κ3) is 4.80. The van der Waals surface area contributed by atoms with E-state index in [0.29, 0.717) is 30.5 Å². The maximum Gasteiger partial charge on any atom is 0.208 e. The highest BCUT2D eigenvalue weighted by atomic mass is 32.2. The van der Waals surface area contributed by atoms with Crippen LogP contribution in [-0.2, 0) is 10.0 Å². The summed E-state index contributed by atoms with van der Waals surface area (Å²) in [6.07, 6.45) is 3.60. The molecule has 0 heterocycles.